The van der Waals surface area contributed by atoms with Crippen LogP contribution in [0.2, 0.25) is 0 Å². The van der Waals surface area contributed by atoms with Crippen molar-refractivity contribution in [2.24, 2.45) is 5.10 Å². The van der Waals surface area contributed by atoms with Crippen molar-refractivity contribution in [1.29, 1.82) is 0 Å². The highest BCUT2D eigenvalue weighted by molar-refractivity contribution is 7.89. The summed E-state index contributed by atoms with van der Waals surface area (Å²) in [6.07, 6.45) is 1.42. The van der Waals surface area contributed by atoms with Crippen LogP contribution < -0.4 is 25.0 Å². The van der Waals surface area contributed by atoms with Gasteiger partial charge in [0, 0.05) is 12.6 Å². The molecule has 0 bridgehead atoms. The number of hydrogen-bond donors (Lipinski definition) is 2. The van der Waals surface area contributed by atoms with Gasteiger partial charge in [-0.1, -0.05) is 60.7 Å². The third kappa shape index (κ3) is 9.40. The Labute approximate surface area is 268 Å². The lowest BCUT2D eigenvalue weighted by atomic mass is 10.1. The molecule has 4 aromatic rings. The number of carbonyl (C=O) groups excluding carboxylic acids is 2. The van der Waals surface area contributed by atoms with Crippen molar-refractivity contribution in [2.75, 3.05) is 27.4 Å². The van der Waals surface area contributed by atoms with Crippen molar-refractivity contribution >= 4 is 28.1 Å². The van der Waals surface area contributed by atoms with Gasteiger partial charge in [0.2, 0.25) is 10.0 Å². The topological polar surface area (TPSA) is 136 Å². The first kappa shape index (κ1) is 33.7. The van der Waals surface area contributed by atoms with E-state index < -0.39 is 22.5 Å². The van der Waals surface area contributed by atoms with E-state index in [1.54, 1.807) is 48.5 Å². The van der Waals surface area contributed by atoms with E-state index in [0.717, 1.165) is 9.87 Å². The Balaban J connectivity index is 1.35. The normalized spacial score (nSPS) is 12.0. The van der Waals surface area contributed by atoms with Crippen molar-refractivity contribution in [1.82, 2.24) is 15.0 Å². The molecule has 2 N–H and O–H groups in total. The highest BCUT2D eigenvalue weighted by Crippen LogP contribution is 2.31. The van der Waals surface area contributed by atoms with Crippen LogP contribution in [-0.2, 0) is 26.2 Å². The molecule has 0 radical (unpaired) electrons. The summed E-state index contributed by atoms with van der Waals surface area (Å²) in [6.45, 7) is 1.23. The molecule has 0 aliphatic heterocycles. The maximum Gasteiger partial charge on any atom is 0.258 e. The second kappa shape index (κ2) is 16.2. The van der Waals surface area contributed by atoms with E-state index in [1.807, 2.05) is 43.3 Å². The van der Waals surface area contributed by atoms with Gasteiger partial charge in [-0.2, -0.15) is 9.41 Å². The molecule has 0 saturated heterocycles. The average molecular weight is 645 g/mol. The summed E-state index contributed by atoms with van der Waals surface area (Å²) in [5, 5.41) is 6.88. The number of sulfonamides is 1. The molecule has 0 fully saturated rings. The van der Waals surface area contributed by atoms with Crippen LogP contribution in [0.1, 0.15) is 29.7 Å². The average Bonchev–Trinajstić information content (AvgIpc) is 3.08. The SMILES string of the molecule is COc1ccc(S(=O)(=O)N(CC(=O)N/N=C\c2ccc(OCC(=O)N[C@@H](C)c3ccccc3)cc2)Cc2ccccc2)cc1OC. The van der Waals surface area contributed by atoms with Crippen LogP contribution in [0, 0.1) is 0 Å². The van der Waals surface area contributed by atoms with E-state index in [9.17, 15) is 18.0 Å². The largest absolute Gasteiger partial charge is 0.493 e. The molecule has 0 spiro atoms. The number of nitrogens with zero attached hydrogens (tertiary/aromatic N) is 2. The fourth-order valence-electron chi connectivity index (χ4n) is 4.42. The molecule has 0 aliphatic carbocycles. The zero-order valence-electron chi connectivity index (χ0n) is 25.8. The summed E-state index contributed by atoms with van der Waals surface area (Å²) in [4.78, 5) is 25.1. The fourth-order valence-corrected chi connectivity index (χ4v) is 5.82. The van der Waals surface area contributed by atoms with Gasteiger partial charge in [0.25, 0.3) is 11.8 Å². The number of methoxy groups -OCH3 is 2. The minimum atomic E-state index is -4.12. The van der Waals surface area contributed by atoms with Gasteiger partial charge in [-0.15, -0.1) is 0 Å². The van der Waals surface area contributed by atoms with Crippen LogP contribution >= 0.6 is 0 Å². The van der Waals surface area contributed by atoms with Gasteiger partial charge in [-0.3, -0.25) is 9.59 Å². The van der Waals surface area contributed by atoms with Gasteiger partial charge in [0.05, 0.1) is 37.9 Å². The van der Waals surface area contributed by atoms with Gasteiger partial charge in [-0.05, 0) is 60.0 Å². The van der Waals surface area contributed by atoms with Crippen LogP contribution in [0.15, 0.2) is 113 Å². The zero-order valence-corrected chi connectivity index (χ0v) is 26.6. The summed E-state index contributed by atoms with van der Waals surface area (Å²) in [5.41, 5.74) is 4.74. The van der Waals surface area contributed by atoms with Gasteiger partial charge in [0.15, 0.2) is 18.1 Å². The van der Waals surface area contributed by atoms with Gasteiger partial charge >= 0.3 is 0 Å². The molecular weight excluding hydrogens is 608 g/mol. The first-order valence-electron chi connectivity index (χ1n) is 14.3. The Hall–Kier alpha value is -5.20. The van der Waals surface area contributed by atoms with Crippen molar-refractivity contribution in [3.8, 4) is 17.2 Å². The molecule has 0 aliphatic rings. The number of ether oxygens (including phenoxy) is 3. The maximum atomic E-state index is 13.7. The van der Waals surface area contributed by atoms with E-state index in [-0.39, 0.29) is 35.7 Å². The molecule has 46 heavy (non-hydrogen) atoms. The Morgan fingerprint density at radius 2 is 1.50 bits per heavy atom. The Morgan fingerprint density at radius 1 is 0.848 bits per heavy atom. The van der Waals surface area contributed by atoms with E-state index in [1.165, 1.54) is 38.6 Å². The van der Waals surface area contributed by atoms with Crippen molar-refractivity contribution < 1.29 is 32.2 Å². The standard InChI is InChI=1S/C34H36N4O7S/c1-25(28-12-8-5-9-13-28)36-34(40)24-45-29-16-14-26(15-17-29)21-35-37-33(39)23-38(22-27-10-6-4-7-11-27)46(41,42)30-18-19-31(43-2)32(20-30)44-3/h4-21,25H,22-24H2,1-3H3,(H,36,40)(H,37,39)/b35-21-/t25-/m0/s1. The van der Waals surface area contributed by atoms with Crippen LogP contribution in [0.3, 0.4) is 0 Å². The Kier molecular flexibility index (Phi) is 11.9. The van der Waals surface area contributed by atoms with Crippen LogP contribution in [0.5, 0.6) is 17.2 Å². The summed E-state index contributed by atoms with van der Waals surface area (Å²) in [7, 11) is -1.26. The molecule has 4 aromatic carbocycles. The molecule has 1 atom stereocenters. The quantitative estimate of drug-likeness (QED) is 0.146. The monoisotopic (exact) mass is 644 g/mol. The van der Waals surface area contributed by atoms with Crippen molar-refractivity contribution in [3.05, 3.63) is 120 Å². The molecule has 2 amide bonds. The predicted molar refractivity (Wildman–Crippen MR) is 174 cm³/mol. The number of hydrazone groups is 1. The number of hydrogen-bond acceptors (Lipinski definition) is 8. The summed E-state index contributed by atoms with van der Waals surface area (Å²) in [5.74, 6) is 0.225. The van der Waals surface area contributed by atoms with Crippen LogP contribution in [0.25, 0.3) is 0 Å². The minimum absolute atomic E-state index is 0.0424. The van der Waals surface area contributed by atoms with Gasteiger partial charge < -0.3 is 19.5 Å². The van der Waals surface area contributed by atoms with Crippen LogP contribution in [-0.4, -0.2) is 58.1 Å². The first-order valence-corrected chi connectivity index (χ1v) is 15.8. The highest BCUT2D eigenvalue weighted by Gasteiger charge is 2.28. The third-order valence-corrected chi connectivity index (χ3v) is 8.63. The first-order chi connectivity index (χ1) is 22.2. The van der Waals surface area contributed by atoms with E-state index in [0.29, 0.717) is 22.6 Å². The second-order valence-electron chi connectivity index (χ2n) is 10.1. The lowest BCUT2D eigenvalue weighted by Crippen LogP contribution is -2.39. The lowest BCUT2D eigenvalue weighted by molar-refractivity contribution is -0.124. The van der Waals surface area contributed by atoms with Gasteiger partial charge in [-0.25, -0.2) is 13.8 Å². The summed E-state index contributed by atoms with van der Waals surface area (Å²) >= 11 is 0. The molecular formula is C34H36N4O7S. The Morgan fingerprint density at radius 3 is 2.15 bits per heavy atom. The van der Waals surface area contributed by atoms with E-state index in [2.05, 4.69) is 15.8 Å². The minimum Gasteiger partial charge on any atom is -0.493 e. The van der Waals surface area contributed by atoms with Crippen molar-refractivity contribution in [3.63, 3.8) is 0 Å². The van der Waals surface area contributed by atoms with E-state index >= 15 is 0 Å². The smallest absolute Gasteiger partial charge is 0.258 e. The molecule has 0 aromatic heterocycles. The molecule has 12 heteroatoms. The Bertz CT molecular complexity index is 1730. The highest BCUT2D eigenvalue weighted by atomic mass is 32.2. The molecule has 11 nitrogen and oxygen atoms in total. The van der Waals surface area contributed by atoms with E-state index in [4.69, 9.17) is 14.2 Å². The van der Waals surface area contributed by atoms with Gasteiger partial charge in [0.1, 0.15) is 5.75 Å². The molecule has 240 valence electrons. The zero-order chi connectivity index (χ0) is 32.9. The number of rotatable bonds is 15. The molecule has 0 heterocycles. The number of amides is 2. The summed E-state index contributed by atoms with van der Waals surface area (Å²) < 4.78 is 44.5. The number of carbonyl (C=O) groups is 2. The lowest BCUT2D eigenvalue weighted by Gasteiger charge is -2.22. The molecule has 4 rings (SSSR count). The molecule has 0 unspecified atom stereocenters. The predicted octanol–water partition coefficient (Wildman–Crippen LogP) is 4.30. The van der Waals surface area contributed by atoms with Crippen molar-refractivity contribution in [2.45, 2.75) is 24.4 Å². The third-order valence-electron chi connectivity index (χ3n) is 6.84. The summed E-state index contributed by atoms with van der Waals surface area (Å²) in [6, 6.07) is 29.4. The fraction of sp³-hybridized carbons (Fsp3) is 0.206. The maximum absolute atomic E-state index is 13.7. The second-order valence-corrected chi connectivity index (χ2v) is 12.1. The molecule has 0 saturated carbocycles. The number of nitrogens with one attached hydrogen (secondary N) is 2. The number of benzene rings is 4. The van der Waals surface area contributed by atoms with Crippen LogP contribution in [0.4, 0.5) is 0 Å².